The van der Waals surface area contributed by atoms with Gasteiger partial charge in [0.15, 0.2) is 0 Å². The topological polar surface area (TPSA) is 20.3 Å². The van der Waals surface area contributed by atoms with E-state index < -0.39 is 0 Å². The monoisotopic (exact) mass is 345 g/mol. The summed E-state index contributed by atoms with van der Waals surface area (Å²) in [6, 6.07) is 5.71. The van der Waals surface area contributed by atoms with Crippen LogP contribution in [0.5, 0.6) is 0 Å². The van der Waals surface area contributed by atoms with Crippen molar-refractivity contribution < 1.29 is 4.79 Å². The van der Waals surface area contributed by atoms with Crippen LogP contribution in [-0.4, -0.2) is 23.9 Å². The lowest BCUT2D eigenvalue weighted by Gasteiger charge is -2.27. The SMILES string of the molecule is O=C(c1cc(Br)ccc1Br)N1CCCCC1. The van der Waals surface area contributed by atoms with Gasteiger partial charge in [0.05, 0.1) is 5.56 Å². The molecule has 1 fully saturated rings. The summed E-state index contributed by atoms with van der Waals surface area (Å²) in [5.41, 5.74) is 0.747. The van der Waals surface area contributed by atoms with Gasteiger partial charge in [-0.2, -0.15) is 0 Å². The van der Waals surface area contributed by atoms with Crippen LogP contribution < -0.4 is 0 Å². The van der Waals surface area contributed by atoms with E-state index in [1.807, 2.05) is 23.1 Å². The number of hydrogen-bond acceptors (Lipinski definition) is 1. The predicted octanol–water partition coefficient (Wildman–Crippen LogP) is 3.84. The molecule has 1 aliphatic heterocycles. The van der Waals surface area contributed by atoms with Gasteiger partial charge in [0.2, 0.25) is 0 Å². The van der Waals surface area contributed by atoms with Crippen LogP contribution in [0.3, 0.4) is 0 Å². The van der Waals surface area contributed by atoms with Crippen LogP contribution in [0.4, 0.5) is 0 Å². The van der Waals surface area contributed by atoms with Crippen molar-refractivity contribution in [1.29, 1.82) is 0 Å². The molecule has 0 saturated carbocycles. The van der Waals surface area contributed by atoms with E-state index in [4.69, 9.17) is 0 Å². The molecule has 0 unspecified atom stereocenters. The summed E-state index contributed by atoms with van der Waals surface area (Å²) in [6.45, 7) is 1.77. The first kappa shape index (κ1) is 12.1. The zero-order chi connectivity index (χ0) is 11.5. The maximum Gasteiger partial charge on any atom is 0.255 e. The van der Waals surface area contributed by atoms with Gasteiger partial charge in [-0.1, -0.05) is 15.9 Å². The fraction of sp³-hybridized carbons (Fsp3) is 0.417. The number of hydrogen-bond donors (Lipinski definition) is 0. The summed E-state index contributed by atoms with van der Waals surface area (Å²) in [7, 11) is 0. The maximum atomic E-state index is 12.2. The normalized spacial score (nSPS) is 16.2. The Labute approximate surface area is 112 Å². The van der Waals surface area contributed by atoms with Crippen LogP contribution >= 0.6 is 31.9 Å². The third kappa shape index (κ3) is 2.66. The minimum atomic E-state index is 0.132. The van der Waals surface area contributed by atoms with E-state index >= 15 is 0 Å². The molecule has 1 aromatic rings. The number of amides is 1. The molecule has 1 saturated heterocycles. The van der Waals surface area contributed by atoms with Gasteiger partial charge in [-0.25, -0.2) is 0 Å². The third-order valence-corrected chi connectivity index (χ3v) is 3.99. The molecule has 0 N–H and O–H groups in total. The first-order chi connectivity index (χ1) is 7.68. The Morgan fingerprint density at radius 3 is 2.50 bits per heavy atom. The molecule has 16 heavy (non-hydrogen) atoms. The standard InChI is InChI=1S/C12H13Br2NO/c13-9-4-5-11(14)10(8-9)12(16)15-6-2-1-3-7-15/h4-5,8H,1-3,6-7H2. The maximum absolute atomic E-state index is 12.2. The largest absolute Gasteiger partial charge is 0.339 e. The van der Waals surface area contributed by atoms with Gasteiger partial charge in [0, 0.05) is 22.0 Å². The van der Waals surface area contributed by atoms with E-state index in [0.29, 0.717) is 0 Å². The van der Waals surface area contributed by atoms with Crippen LogP contribution in [0.1, 0.15) is 29.6 Å². The fourth-order valence-corrected chi connectivity index (χ4v) is 2.71. The van der Waals surface area contributed by atoms with Gasteiger partial charge in [0.25, 0.3) is 5.91 Å². The number of nitrogens with zero attached hydrogens (tertiary/aromatic N) is 1. The molecule has 0 spiro atoms. The Kier molecular flexibility index (Phi) is 4.03. The molecule has 1 aromatic carbocycles. The van der Waals surface area contributed by atoms with Crippen LogP contribution in [0.25, 0.3) is 0 Å². The lowest BCUT2D eigenvalue weighted by atomic mass is 10.1. The molecular formula is C12H13Br2NO. The van der Waals surface area contributed by atoms with Gasteiger partial charge in [-0.3, -0.25) is 4.79 Å². The van der Waals surface area contributed by atoms with E-state index in [-0.39, 0.29) is 5.91 Å². The highest BCUT2D eigenvalue weighted by molar-refractivity contribution is 9.11. The van der Waals surface area contributed by atoms with Crippen LogP contribution in [0, 0.1) is 0 Å². The lowest BCUT2D eigenvalue weighted by molar-refractivity contribution is 0.0723. The molecule has 0 aromatic heterocycles. The number of rotatable bonds is 1. The summed E-state index contributed by atoms with van der Waals surface area (Å²) in [5, 5.41) is 0. The number of carbonyl (C=O) groups excluding carboxylic acids is 1. The van der Waals surface area contributed by atoms with Crippen LogP contribution in [-0.2, 0) is 0 Å². The summed E-state index contributed by atoms with van der Waals surface area (Å²) in [6.07, 6.45) is 3.48. The average Bonchev–Trinajstić information content (AvgIpc) is 2.32. The smallest absolute Gasteiger partial charge is 0.255 e. The second-order valence-corrected chi connectivity index (χ2v) is 5.75. The molecule has 1 aliphatic rings. The van der Waals surface area contributed by atoms with Crippen molar-refractivity contribution in [3.8, 4) is 0 Å². The Morgan fingerprint density at radius 2 is 1.81 bits per heavy atom. The first-order valence-corrected chi connectivity index (χ1v) is 7.01. The predicted molar refractivity (Wildman–Crippen MR) is 71.6 cm³/mol. The molecule has 86 valence electrons. The zero-order valence-electron chi connectivity index (χ0n) is 8.88. The molecule has 4 heteroatoms. The van der Waals surface area contributed by atoms with E-state index in [2.05, 4.69) is 31.9 Å². The quantitative estimate of drug-likeness (QED) is 0.756. The Balaban J connectivity index is 2.22. The van der Waals surface area contributed by atoms with Gasteiger partial charge >= 0.3 is 0 Å². The Hall–Kier alpha value is -0.350. The molecule has 1 heterocycles. The van der Waals surface area contributed by atoms with E-state index in [1.54, 1.807) is 0 Å². The number of benzene rings is 1. The number of halogens is 2. The highest BCUT2D eigenvalue weighted by atomic mass is 79.9. The second-order valence-electron chi connectivity index (χ2n) is 3.98. The van der Waals surface area contributed by atoms with Crippen molar-refractivity contribution in [1.82, 2.24) is 4.90 Å². The molecule has 0 radical (unpaired) electrons. The van der Waals surface area contributed by atoms with Crippen molar-refractivity contribution in [2.45, 2.75) is 19.3 Å². The van der Waals surface area contributed by atoms with Gasteiger partial charge in [-0.05, 0) is 53.4 Å². The minimum Gasteiger partial charge on any atom is -0.339 e. The molecule has 0 atom stereocenters. The van der Waals surface area contributed by atoms with Crippen LogP contribution in [0.2, 0.25) is 0 Å². The Morgan fingerprint density at radius 1 is 1.12 bits per heavy atom. The van der Waals surface area contributed by atoms with Crippen molar-refractivity contribution in [2.75, 3.05) is 13.1 Å². The lowest BCUT2D eigenvalue weighted by Crippen LogP contribution is -2.35. The van der Waals surface area contributed by atoms with Gasteiger partial charge in [-0.15, -0.1) is 0 Å². The van der Waals surface area contributed by atoms with E-state index in [1.165, 1.54) is 6.42 Å². The molecule has 2 rings (SSSR count). The third-order valence-electron chi connectivity index (χ3n) is 2.80. The first-order valence-electron chi connectivity index (χ1n) is 5.43. The fourth-order valence-electron chi connectivity index (χ4n) is 1.93. The van der Waals surface area contributed by atoms with Crippen molar-refractivity contribution in [3.63, 3.8) is 0 Å². The molecule has 0 bridgehead atoms. The summed E-state index contributed by atoms with van der Waals surface area (Å²) in [5.74, 6) is 0.132. The van der Waals surface area contributed by atoms with Crippen molar-refractivity contribution in [3.05, 3.63) is 32.7 Å². The molecule has 1 amide bonds. The number of likely N-dealkylation sites (tertiary alicyclic amines) is 1. The zero-order valence-corrected chi connectivity index (χ0v) is 12.1. The summed E-state index contributed by atoms with van der Waals surface area (Å²) >= 11 is 6.83. The summed E-state index contributed by atoms with van der Waals surface area (Å²) < 4.78 is 1.81. The van der Waals surface area contributed by atoms with Crippen molar-refractivity contribution in [2.24, 2.45) is 0 Å². The average molecular weight is 347 g/mol. The van der Waals surface area contributed by atoms with E-state index in [0.717, 1.165) is 40.4 Å². The highest BCUT2D eigenvalue weighted by Crippen LogP contribution is 2.24. The van der Waals surface area contributed by atoms with Crippen LogP contribution in [0.15, 0.2) is 27.1 Å². The molecule has 2 nitrogen and oxygen atoms in total. The second kappa shape index (κ2) is 5.32. The van der Waals surface area contributed by atoms with Gasteiger partial charge in [0.1, 0.15) is 0 Å². The number of piperidine rings is 1. The highest BCUT2D eigenvalue weighted by Gasteiger charge is 2.20. The van der Waals surface area contributed by atoms with E-state index in [9.17, 15) is 4.79 Å². The molecule has 0 aliphatic carbocycles. The number of carbonyl (C=O) groups is 1. The summed E-state index contributed by atoms with van der Waals surface area (Å²) in [4.78, 5) is 14.2. The molecular weight excluding hydrogens is 334 g/mol. The minimum absolute atomic E-state index is 0.132. The Bertz CT molecular complexity index is 400. The van der Waals surface area contributed by atoms with Gasteiger partial charge < -0.3 is 4.90 Å². The van der Waals surface area contributed by atoms with Crippen molar-refractivity contribution >= 4 is 37.8 Å².